The molecule has 2 amide bonds. The zero-order valence-corrected chi connectivity index (χ0v) is 23.2. The summed E-state index contributed by atoms with van der Waals surface area (Å²) in [7, 11) is -2.61. The second kappa shape index (κ2) is 11.8. The molecule has 0 unspecified atom stereocenters. The lowest BCUT2D eigenvalue weighted by atomic mass is 10.1. The zero-order valence-electron chi connectivity index (χ0n) is 21.7. The van der Waals surface area contributed by atoms with Gasteiger partial charge in [0.25, 0.3) is 10.0 Å². The Kier molecular flexibility index (Phi) is 8.99. The van der Waals surface area contributed by atoms with E-state index in [1.165, 1.54) is 24.1 Å². The molecule has 0 aliphatic heterocycles. The van der Waals surface area contributed by atoms with E-state index in [0.717, 1.165) is 26.6 Å². The number of sulfonamides is 1. The highest BCUT2D eigenvalue weighted by Gasteiger charge is 2.33. The molecule has 3 rings (SSSR count). The summed E-state index contributed by atoms with van der Waals surface area (Å²) in [5.41, 5.74) is 3.73. The highest BCUT2D eigenvalue weighted by Crippen LogP contribution is 2.29. The van der Waals surface area contributed by atoms with Crippen LogP contribution in [0.3, 0.4) is 0 Å². The molecular formula is C28H32ClN3O4S. The number of anilines is 1. The number of amides is 2. The van der Waals surface area contributed by atoms with Crippen molar-refractivity contribution in [1.29, 1.82) is 0 Å². The molecule has 3 aromatic carbocycles. The minimum Gasteiger partial charge on any atom is -0.357 e. The Labute approximate surface area is 224 Å². The largest absolute Gasteiger partial charge is 0.357 e. The monoisotopic (exact) mass is 541 g/mol. The Morgan fingerprint density at radius 3 is 2.16 bits per heavy atom. The third-order valence-electron chi connectivity index (χ3n) is 6.41. The number of hydrogen-bond acceptors (Lipinski definition) is 4. The van der Waals surface area contributed by atoms with Gasteiger partial charge < -0.3 is 10.2 Å². The number of carbonyl (C=O) groups excluding carboxylic acids is 2. The molecule has 1 N–H and O–H groups in total. The van der Waals surface area contributed by atoms with Gasteiger partial charge in [0, 0.05) is 18.6 Å². The average molecular weight is 542 g/mol. The van der Waals surface area contributed by atoms with E-state index in [1.807, 2.05) is 26.8 Å². The number of nitrogens with one attached hydrogen (secondary N) is 1. The van der Waals surface area contributed by atoms with Crippen molar-refractivity contribution < 1.29 is 18.0 Å². The summed E-state index contributed by atoms with van der Waals surface area (Å²) in [6, 6.07) is 17.9. The number of carbonyl (C=O) groups is 2. The minimum atomic E-state index is -4.10. The maximum absolute atomic E-state index is 13.9. The SMILES string of the molecule is CNC(=O)[C@@H](C)N(Cc1ccc(Cl)cc1)C(=O)CN(c1cccc(C)c1C)S(=O)(=O)c1ccc(C)cc1. The van der Waals surface area contributed by atoms with Crippen LogP contribution in [-0.2, 0) is 26.2 Å². The predicted molar refractivity (Wildman–Crippen MR) is 147 cm³/mol. The van der Waals surface area contributed by atoms with Gasteiger partial charge in [-0.25, -0.2) is 8.42 Å². The Morgan fingerprint density at radius 2 is 1.57 bits per heavy atom. The van der Waals surface area contributed by atoms with Crippen molar-refractivity contribution >= 4 is 39.1 Å². The van der Waals surface area contributed by atoms with Crippen molar-refractivity contribution in [3.8, 4) is 0 Å². The summed E-state index contributed by atoms with van der Waals surface area (Å²) in [5, 5.41) is 3.12. The van der Waals surface area contributed by atoms with E-state index < -0.39 is 28.5 Å². The molecule has 0 saturated carbocycles. The molecule has 7 nitrogen and oxygen atoms in total. The van der Waals surface area contributed by atoms with Gasteiger partial charge in [0.1, 0.15) is 12.6 Å². The van der Waals surface area contributed by atoms with Crippen LogP contribution < -0.4 is 9.62 Å². The quantitative estimate of drug-likeness (QED) is 0.428. The predicted octanol–water partition coefficient (Wildman–Crippen LogP) is 4.62. The van der Waals surface area contributed by atoms with Gasteiger partial charge in [-0.2, -0.15) is 0 Å². The summed E-state index contributed by atoms with van der Waals surface area (Å²) in [4.78, 5) is 27.8. The smallest absolute Gasteiger partial charge is 0.264 e. The summed E-state index contributed by atoms with van der Waals surface area (Å²) in [6.07, 6.45) is 0. The molecule has 37 heavy (non-hydrogen) atoms. The standard InChI is InChI=1S/C28H32ClN3O4S/c1-19-9-15-25(16-10-19)37(35,36)32(26-8-6-7-20(2)21(26)3)18-27(33)31(22(4)28(34)30-5)17-23-11-13-24(29)14-12-23/h6-16,22H,17-18H2,1-5H3,(H,30,34)/t22-/m1/s1. The number of hydrogen-bond donors (Lipinski definition) is 1. The fourth-order valence-electron chi connectivity index (χ4n) is 3.93. The van der Waals surface area contributed by atoms with Crippen LogP contribution in [0.15, 0.2) is 71.6 Å². The maximum atomic E-state index is 13.9. The first-order chi connectivity index (χ1) is 17.4. The fraction of sp³-hybridized carbons (Fsp3) is 0.286. The van der Waals surface area contributed by atoms with Gasteiger partial charge in [-0.1, -0.05) is 53.6 Å². The van der Waals surface area contributed by atoms with Gasteiger partial charge >= 0.3 is 0 Å². The van der Waals surface area contributed by atoms with Gasteiger partial charge in [-0.3, -0.25) is 13.9 Å². The Balaban J connectivity index is 2.07. The van der Waals surface area contributed by atoms with E-state index in [4.69, 9.17) is 11.6 Å². The highest BCUT2D eigenvalue weighted by molar-refractivity contribution is 7.92. The summed E-state index contributed by atoms with van der Waals surface area (Å²) >= 11 is 6.01. The van der Waals surface area contributed by atoms with Crippen molar-refractivity contribution in [2.24, 2.45) is 0 Å². The first-order valence-electron chi connectivity index (χ1n) is 11.9. The van der Waals surface area contributed by atoms with Crippen LogP contribution in [0.1, 0.15) is 29.2 Å². The minimum absolute atomic E-state index is 0.0791. The molecule has 3 aromatic rings. The summed E-state index contributed by atoms with van der Waals surface area (Å²) in [6.45, 7) is 6.83. The third kappa shape index (κ3) is 6.50. The van der Waals surface area contributed by atoms with E-state index >= 15 is 0 Å². The van der Waals surface area contributed by atoms with Gasteiger partial charge in [-0.05, 0) is 74.7 Å². The maximum Gasteiger partial charge on any atom is 0.264 e. The molecule has 0 fully saturated rings. The van der Waals surface area contributed by atoms with Crippen LogP contribution in [0.5, 0.6) is 0 Å². The number of halogens is 1. The molecule has 1 atom stereocenters. The van der Waals surface area contributed by atoms with Crippen LogP contribution in [0, 0.1) is 20.8 Å². The normalized spacial score (nSPS) is 12.1. The lowest BCUT2D eigenvalue weighted by Crippen LogP contribution is -2.50. The lowest BCUT2D eigenvalue weighted by molar-refractivity contribution is -0.139. The molecule has 9 heteroatoms. The van der Waals surface area contributed by atoms with Gasteiger partial charge in [0.15, 0.2) is 0 Å². The van der Waals surface area contributed by atoms with Gasteiger partial charge in [0.2, 0.25) is 11.8 Å². The zero-order chi connectivity index (χ0) is 27.3. The highest BCUT2D eigenvalue weighted by atomic mass is 35.5. The molecule has 0 bridgehead atoms. The number of aryl methyl sites for hydroxylation is 2. The molecule has 0 heterocycles. The Morgan fingerprint density at radius 1 is 0.946 bits per heavy atom. The van der Waals surface area contributed by atoms with Crippen LogP contribution >= 0.6 is 11.6 Å². The Bertz CT molecular complexity index is 1370. The third-order valence-corrected chi connectivity index (χ3v) is 8.44. The van der Waals surface area contributed by atoms with Crippen molar-refractivity contribution in [2.45, 2.75) is 45.2 Å². The topological polar surface area (TPSA) is 86.8 Å². The van der Waals surface area contributed by atoms with Crippen molar-refractivity contribution in [3.05, 3.63) is 94.0 Å². The summed E-state index contributed by atoms with van der Waals surface area (Å²) < 4.78 is 28.9. The summed E-state index contributed by atoms with van der Waals surface area (Å²) in [5.74, 6) is -0.871. The van der Waals surface area contributed by atoms with Crippen LogP contribution in [0.2, 0.25) is 5.02 Å². The van der Waals surface area contributed by atoms with E-state index in [2.05, 4.69) is 5.32 Å². The number of benzene rings is 3. The molecule has 0 saturated heterocycles. The van der Waals surface area contributed by atoms with E-state index in [-0.39, 0.29) is 17.3 Å². The van der Waals surface area contributed by atoms with Crippen molar-refractivity contribution in [1.82, 2.24) is 10.2 Å². The van der Waals surface area contributed by atoms with E-state index in [9.17, 15) is 18.0 Å². The molecule has 0 radical (unpaired) electrons. The fourth-order valence-corrected chi connectivity index (χ4v) is 5.53. The molecule has 0 spiro atoms. The van der Waals surface area contributed by atoms with Gasteiger partial charge in [0.05, 0.1) is 10.6 Å². The molecular weight excluding hydrogens is 510 g/mol. The first kappa shape index (κ1) is 28.2. The first-order valence-corrected chi connectivity index (χ1v) is 13.7. The second-order valence-electron chi connectivity index (χ2n) is 8.98. The number of rotatable bonds is 9. The number of likely N-dealkylation sites (N-methyl/N-ethyl adjacent to an activating group) is 1. The lowest BCUT2D eigenvalue weighted by Gasteiger charge is -2.32. The average Bonchev–Trinajstić information content (AvgIpc) is 2.88. The van der Waals surface area contributed by atoms with Crippen molar-refractivity contribution in [3.63, 3.8) is 0 Å². The van der Waals surface area contributed by atoms with Crippen LogP contribution in [0.25, 0.3) is 0 Å². The van der Waals surface area contributed by atoms with Crippen molar-refractivity contribution in [2.75, 3.05) is 17.9 Å². The van der Waals surface area contributed by atoms with Gasteiger partial charge in [-0.15, -0.1) is 0 Å². The van der Waals surface area contributed by atoms with Crippen LogP contribution in [0.4, 0.5) is 5.69 Å². The molecule has 0 aliphatic rings. The molecule has 196 valence electrons. The number of nitrogens with zero attached hydrogens (tertiary/aromatic N) is 2. The van der Waals surface area contributed by atoms with E-state index in [1.54, 1.807) is 55.5 Å². The van der Waals surface area contributed by atoms with Crippen LogP contribution in [-0.4, -0.2) is 44.8 Å². The second-order valence-corrected chi connectivity index (χ2v) is 11.3. The van der Waals surface area contributed by atoms with E-state index in [0.29, 0.717) is 10.7 Å². The molecule has 0 aliphatic carbocycles. The molecule has 0 aromatic heterocycles. The Hall–Kier alpha value is -3.36.